The van der Waals surface area contributed by atoms with Gasteiger partial charge in [0.1, 0.15) is 0 Å². The van der Waals surface area contributed by atoms with Gasteiger partial charge in [0, 0.05) is 11.6 Å². The van der Waals surface area contributed by atoms with Crippen LogP contribution in [0.1, 0.15) is 43.4 Å². The van der Waals surface area contributed by atoms with Crippen LogP contribution in [0.25, 0.3) is 0 Å². The molecule has 1 aromatic carbocycles. The average molecular weight is 254 g/mol. The van der Waals surface area contributed by atoms with Gasteiger partial charge in [0.15, 0.2) is 0 Å². The highest BCUT2D eigenvalue weighted by Gasteiger charge is 2.12. The Morgan fingerprint density at radius 3 is 2.59 bits per heavy atom. The van der Waals surface area contributed by atoms with E-state index in [-0.39, 0.29) is 0 Å². The number of rotatable bonds is 3. The standard InChI is InChI=1S/C14H20ClNO/c1-11(17)12-5-6-13(14(15)9-12)10-16-7-3-2-4-8-16/h5-6,9,11,17H,2-4,7-8,10H2,1H3. The number of benzene rings is 1. The first-order valence-corrected chi connectivity index (χ1v) is 6.73. The lowest BCUT2D eigenvalue weighted by molar-refractivity contribution is 0.199. The maximum absolute atomic E-state index is 9.49. The van der Waals surface area contributed by atoms with Crippen molar-refractivity contribution < 1.29 is 5.11 Å². The van der Waals surface area contributed by atoms with E-state index in [1.54, 1.807) is 6.92 Å². The molecule has 0 spiro atoms. The van der Waals surface area contributed by atoms with Crippen molar-refractivity contribution in [3.8, 4) is 0 Å². The van der Waals surface area contributed by atoms with Crippen molar-refractivity contribution in [3.05, 3.63) is 34.3 Å². The van der Waals surface area contributed by atoms with E-state index in [4.69, 9.17) is 11.6 Å². The van der Waals surface area contributed by atoms with Crippen LogP contribution in [-0.2, 0) is 6.54 Å². The third kappa shape index (κ3) is 3.44. The molecule has 0 aromatic heterocycles. The molecule has 1 aliphatic rings. The van der Waals surface area contributed by atoms with Gasteiger partial charge in [-0.1, -0.05) is 30.2 Å². The highest BCUT2D eigenvalue weighted by molar-refractivity contribution is 6.31. The lowest BCUT2D eigenvalue weighted by Gasteiger charge is -2.26. The molecule has 3 heteroatoms. The summed E-state index contributed by atoms with van der Waals surface area (Å²) < 4.78 is 0. The molecule has 0 radical (unpaired) electrons. The Morgan fingerprint density at radius 2 is 2.00 bits per heavy atom. The van der Waals surface area contributed by atoms with Crippen molar-refractivity contribution in [3.63, 3.8) is 0 Å². The molecule has 1 aliphatic heterocycles. The fourth-order valence-corrected chi connectivity index (χ4v) is 2.56. The van der Waals surface area contributed by atoms with Crippen molar-refractivity contribution >= 4 is 11.6 Å². The number of likely N-dealkylation sites (tertiary alicyclic amines) is 1. The molecule has 1 heterocycles. The maximum Gasteiger partial charge on any atom is 0.0762 e. The van der Waals surface area contributed by atoms with Crippen molar-refractivity contribution in [2.24, 2.45) is 0 Å². The van der Waals surface area contributed by atoms with Gasteiger partial charge in [0.05, 0.1) is 6.10 Å². The van der Waals surface area contributed by atoms with Gasteiger partial charge in [0.2, 0.25) is 0 Å². The number of hydrogen-bond acceptors (Lipinski definition) is 2. The van der Waals surface area contributed by atoms with E-state index in [2.05, 4.69) is 4.90 Å². The molecule has 0 amide bonds. The fourth-order valence-electron chi connectivity index (χ4n) is 2.31. The molecule has 1 atom stereocenters. The zero-order valence-corrected chi connectivity index (χ0v) is 11.1. The molecule has 1 unspecified atom stereocenters. The molecule has 2 nitrogen and oxygen atoms in total. The molecule has 0 aliphatic carbocycles. The number of hydrogen-bond donors (Lipinski definition) is 1. The summed E-state index contributed by atoms with van der Waals surface area (Å²) in [5, 5.41) is 10.3. The first kappa shape index (κ1) is 12.9. The highest BCUT2D eigenvalue weighted by atomic mass is 35.5. The van der Waals surface area contributed by atoms with Gasteiger partial charge < -0.3 is 5.11 Å². The minimum atomic E-state index is -0.448. The van der Waals surface area contributed by atoms with Crippen LogP contribution >= 0.6 is 11.6 Å². The Bertz CT molecular complexity index is 372. The van der Waals surface area contributed by atoms with Gasteiger partial charge >= 0.3 is 0 Å². The largest absolute Gasteiger partial charge is 0.389 e. The average Bonchev–Trinajstić information content (AvgIpc) is 2.33. The number of nitrogens with zero attached hydrogens (tertiary/aromatic N) is 1. The van der Waals surface area contributed by atoms with Gasteiger partial charge in [-0.25, -0.2) is 0 Å². The quantitative estimate of drug-likeness (QED) is 0.893. The van der Waals surface area contributed by atoms with Gasteiger partial charge in [-0.15, -0.1) is 0 Å². The lowest BCUT2D eigenvalue weighted by Crippen LogP contribution is -2.29. The maximum atomic E-state index is 9.49. The predicted molar refractivity (Wildman–Crippen MR) is 71.2 cm³/mol. The summed E-state index contributed by atoms with van der Waals surface area (Å²) in [5.74, 6) is 0. The van der Waals surface area contributed by atoms with E-state index >= 15 is 0 Å². The first-order valence-electron chi connectivity index (χ1n) is 6.35. The molecule has 94 valence electrons. The summed E-state index contributed by atoms with van der Waals surface area (Å²) in [6.45, 7) is 5.04. The topological polar surface area (TPSA) is 23.5 Å². The van der Waals surface area contributed by atoms with Crippen LogP contribution in [0, 0.1) is 0 Å². The zero-order valence-electron chi connectivity index (χ0n) is 10.3. The normalized spacial score (nSPS) is 19.2. The summed E-state index contributed by atoms with van der Waals surface area (Å²) in [4.78, 5) is 2.45. The summed E-state index contributed by atoms with van der Waals surface area (Å²) >= 11 is 6.25. The van der Waals surface area contributed by atoms with E-state index in [1.807, 2.05) is 18.2 Å². The number of piperidine rings is 1. The molecule has 1 saturated heterocycles. The summed E-state index contributed by atoms with van der Waals surface area (Å²) in [7, 11) is 0. The number of aliphatic hydroxyl groups excluding tert-OH is 1. The van der Waals surface area contributed by atoms with E-state index in [0.717, 1.165) is 22.7 Å². The minimum Gasteiger partial charge on any atom is -0.389 e. The molecule has 1 N–H and O–H groups in total. The third-order valence-electron chi connectivity index (χ3n) is 3.40. The van der Waals surface area contributed by atoms with E-state index in [1.165, 1.54) is 32.4 Å². The van der Waals surface area contributed by atoms with Crippen molar-refractivity contribution in [2.45, 2.75) is 38.8 Å². The van der Waals surface area contributed by atoms with Gasteiger partial charge in [-0.05, 0) is 50.0 Å². The van der Waals surface area contributed by atoms with Crippen LogP contribution in [0.4, 0.5) is 0 Å². The SMILES string of the molecule is CC(O)c1ccc(CN2CCCCC2)c(Cl)c1. The van der Waals surface area contributed by atoms with Crippen molar-refractivity contribution in [2.75, 3.05) is 13.1 Å². The van der Waals surface area contributed by atoms with Crippen LogP contribution in [-0.4, -0.2) is 23.1 Å². The minimum absolute atomic E-state index is 0.448. The number of halogens is 1. The second-order valence-electron chi connectivity index (χ2n) is 4.86. The molecular weight excluding hydrogens is 234 g/mol. The highest BCUT2D eigenvalue weighted by Crippen LogP contribution is 2.24. The Labute approximate surface area is 108 Å². The molecule has 2 rings (SSSR count). The Kier molecular flexibility index (Phi) is 4.43. The number of aliphatic hydroxyl groups is 1. The molecule has 0 bridgehead atoms. The van der Waals surface area contributed by atoms with Crippen LogP contribution in [0.3, 0.4) is 0 Å². The molecule has 0 saturated carbocycles. The Hall–Kier alpha value is -0.570. The molecule has 17 heavy (non-hydrogen) atoms. The predicted octanol–water partition coefficient (Wildman–Crippen LogP) is 3.38. The van der Waals surface area contributed by atoms with Crippen molar-refractivity contribution in [1.82, 2.24) is 4.90 Å². The van der Waals surface area contributed by atoms with E-state index in [9.17, 15) is 5.11 Å². The van der Waals surface area contributed by atoms with Crippen LogP contribution in [0.2, 0.25) is 5.02 Å². The first-order chi connectivity index (χ1) is 8.16. The monoisotopic (exact) mass is 253 g/mol. The van der Waals surface area contributed by atoms with Gasteiger partial charge in [0.25, 0.3) is 0 Å². The lowest BCUT2D eigenvalue weighted by atomic mass is 10.1. The van der Waals surface area contributed by atoms with E-state index in [0.29, 0.717) is 0 Å². The zero-order chi connectivity index (χ0) is 12.3. The summed E-state index contributed by atoms with van der Waals surface area (Å²) in [6.07, 6.45) is 3.49. The van der Waals surface area contributed by atoms with E-state index < -0.39 is 6.10 Å². The second kappa shape index (κ2) is 5.85. The van der Waals surface area contributed by atoms with Crippen LogP contribution in [0.15, 0.2) is 18.2 Å². The van der Waals surface area contributed by atoms with Gasteiger partial charge in [-0.2, -0.15) is 0 Å². The molecule has 1 fully saturated rings. The van der Waals surface area contributed by atoms with Crippen LogP contribution < -0.4 is 0 Å². The molecule has 1 aromatic rings. The molecular formula is C14H20ClNO. The van der Waals surface area contributed by atoms with Crippen molar-refractivity contribution in [1.29, 1.82) is 0 Å². The summed E-state index contributed by atoms with van der Waals surface area (Å²) in [6, 6.07) is 5.89. The second-order valence-corrected chi connectivity index (χ2v) is 5.27. The smallest absolute Gasteiger partial charge is 0.0762 e. The Balaban J connectivity index is 2.05. The Morgan fingerprint density at radius 1 is 1.29 bits per heavy atom. The van der Waals surface area contributed by atoms with Gasteiger partial charge in [-0.3, -0.25) is 4.90 Å². The van der Waals surface area contributed by atoms with Crippen LogP contribution in [0.5, 0.6) is 0 Å². The fraction of sp³-hybridized carbons (Fsp3) is 0.571. The third-order valence-corrected chi connectivity index (χ3v) is 3.75. The summed E-state index contributed by atoms with van der Waals surface area (Å²) in [5.41, 5.74) is 2.05.